The van der Waals surface area contributed by atoms with Crippen molar-refractivity contribution in [3.63, 3.8) is 0 Å². The highest BCUT2D eigenvalue weighted by atomic mass is 32.2. The van der Waals surface area contributed by atoms with E-state index in [1.165, 1.54) is 23.1 Å². The molecule has 5 rings (SSSR count). The van der Waals surface area contributed by atoms with Crippen LogP contribution < -0.4 is 5.32 Å². The number of aliphatic hydroxyl groups is 1. The second kappa shape index (κ2) is 12.3. The molecular weight excluding hydrogens is 571 g/mol. The first-order valence-corrected chi connectivity index (χ1v) is 17.5. The van der Waals surface area contributed by atoms with E-state index < -0.39 is 23.0 Å². The number of ether oxygens (including phenoxy) is 1. The largest absolute Gasteiger partial charge is 0.461 e. The molecule has 10 heteroatoms. The van der Waals surface area contributed by atoms with Crippen molar-refractivity contribution in [2.24, 2.45) is 34.0 Å². The molecule has 4 fully saturated rings. The first-order chi connectivity index (χ1) is 19.9. The van der Waals surface area contributed by atoms with Gasteiger partial charge < -0.3 is 15.2 Å². The maximum atomic E-state index is 13.6. The molecule has 3 aliphatic carbocycles. The average molecular weight is 618 g/mol. The highest BCUT2D eigenvalue weighted by Crippen LogP contribution is 2.68. The van der Waals surface area contributed by atoms with Crippen LogP contribution in [0.2, 0.25) is 0 Å². The number of thiazole rings is 1. The predicted octanol–water partition coefficient (Wildman–Crippen LogP) is 5.32. The summed E-state index contributed by atoms with van der Waals surface area (Å²) in [7, 11) is 0. The monoisotopic (exact) mass is 617 g/mol. The summed E-state index contributed by atoms with van der Waals surface area (Å²) in [4.78, 5) is 45.9. The second-order valence-electron chi connectivity index (χ2n) is 13.7. The summed E-state index contributed by atoms with van der Waals surface area (Å²) in [5.74, 6) is 0.496. The maximum absolute atomic E-state index is 13.6. The van der Waals surface area contributed by atoms with Crippen LogP contribution in [-0.4, -0.2) is 70.2 Å². The minimum atomic E-state index is -0.674. The van der Waals surface area contributed by atoms with Gasteiger partial charge in [-0.25, -0.2) is 4.98 Å². The SMILES string of the molecule is C=C[C@]1(C)C[C@@H](OC(=O)CSCc2csc(NC(=O)CN3CCCC3)n2)[C@]2(C)[C@H](C)CC[C@]3(CCC(=O)[C@H]32)[C@@H](C)[C@@H]1O. The third kappa shape index (κ3) is 5.73. The van der Waals surface area contributed by atoms with Gasteiger partial charge in [-0.05, 0) is 68.9 Å². The minimum absolute atomic E-state index is 0.0468. The van der Waals surface area contributed by atoms with Gasteiger partial charge in [0.2, 0.25) is 5.91 Å². The summed E-state index contributed by atoms with van der Waals surface area (Å²) in [6.07, 6.45) is 6.54. The van der Waals surface area contributed by atoms with E-state index in [1.807, 2.05) is 18.4 Å². The number of aliphatic hydroxyl groups excluding tert-OH is 1. The van der Waals surface area contributed by atoms with Crippen LogP contribution in [0.1, 0.15) is 78.3 Å². The van der Waals surface area contributed by atoms with Gasteiger partial charge in [0.25, 0.3) is 0 Å². The Bertz CT molecular complexity index is 1200. The molecule has 0 unspecified atom stereocenters. The second-order valence-corrected chi connectivity index (χ2v) is 15.6. The minimum Gasteiger partial charge on any atom is -0.461 e. The summed E-state index contributed by atoms with van der Waals surface area (Å²) < 4.78 is 6.33. The van der Waals surface area contributed by atoms with Crippen molar-refractivity contribution in [2.75, 3.05) is 30.7 Å². The zero-order chi connectivity index (χ0) is 30.3. The molecule has 2 heterocycles. The Morgan fingerprint density at radius 3 is 2.74 bits per heavy atom. The number of Topliss-reactive ketones (excluding diaryl/α,β-unsaturated/α-hetero) is 1. The van der Waals surface area contributed by atoms with Crippen molar-refractivity contribution in [3.05, 3.63) is 23.7 Å². The number of hydrogen-bond acceptors (Lipinski definition) is 9. The van der Waals surface area contributed by atoms with Crippen LogP contribution in [0.15, 0.2) is 18.0 Å². The number of esters is 1. The molecule has 2 N–H and O–H groups in total. The number of nitrogens with zero attached hydrogens (tertiary/aromatic N) is 2. The Hall–Kier alpha value is -1.75. The van der Waals surface area contributed by atoms with Crippen molar-refractivity contribution >= 4 is 45.9 Å². The molecule has 0 spiro atoms. The first-order valence-electron chi connectivity index (χ1n) is 15.5. The predicted molar refractivity (Wildman–Crippen MR) is 167 cm³/mol. The van der Waals surface area contributed by atoms with E-state index in [9.17, 15) is 19.5 Å². The van der Waals surface area contributed by atoms with Crippen LogP contribution in [0.25, 0.3) is 0 Å². The van der Waals surface area contributed by atoms with Gasteiger partial charge in [-0.2, -0.15) is 0 Å². The van der Waals surface area contributed by atoms with Gasteiger partial charge in [0, 0.05) is 34.3 Å². The number of nitrogens with one attached hydrogen (secondary N) is 1. The normalized spacial score (nSPS) is 38.4. The van der Waals surface area contributed by atoms with E-state index >= 15 is 0 Å². The molecule has 8 atom stereocenters. The van der Waals surface area contributed by atoms with E-state index in [1.54, 1.807) is 0 Å². The Morgan fingerprint density at radius 1 is 1.29 bits per heavy atom. The molecular formula is C32H47N3O5S2. The summed E-state index contributed by atoms with van der Waals surface area (Å²) in [6.45, 7) is 14.9. The lowest BCUT2D eigenvalue weighted by Gasteiger charge is -2.61. The zero-order valence-corrected chi connectivity index (χ0v) is 27.2. The fourth-order valence-electron chi connectivity index (χ4n) is 8.67. The van der Waals surface area contributed by atoms with E-state index in [-0.39, 0.29) is 46.6 Å². The lowest BCUT2D eigenvalue weighted by Crippen LogP contribution is -2.63. The van der Waals surface area contributed by atoms with Crippen LogP contribution in [0.5, 0.6) is 0 Å². The van der Waals surface area contributed by atoms with Crippen molar-refractivity contribution in [3.8, 4) is 0 Å². The molecule has 42 heavy (non-hydrogen) atoms. The molecule has 8 nitrogen and oxygen atoms in total. The number of carbonyl (C=O) groups excluding carboxylic acids is 3. The van der Waals surface area contributed by atoms with Gasteiger partial charge in [-0.3, -0.25) is 19.3 Å². The van der Waals surface area contributed by atoms with Gasteiger partial charge in [-0.15, -0.1) is 29.7 Å². The lowest BCUT2D eigenvalue weighted by molar-refractivity contribution is -0.205. The number of carbonyl (C=O) groups is 3. The third-order valence-corrected chi connectivity index (χ3v) is 13.2. The van der Waals surface area contributed by atoms with Gasteiger partial charge >= 0.3 is 5.97 Å². The van der Waals surface area contributed by atoms with Crippen LogP contribution in [-0.2, 0) is 24.9 Å². The summed E-state index contributed by atoms with van der Waals surface area (Å²) in [5, 5.41) is 17.1. The Labute approximate surface area is 258 Å². The highest BCUT2D eigenvalue weighted by molar-refractivity contribution is 7.99. The molecule has 0 aromatic carbocycles. The fourth-order valence-corrected chi connectivity index (χ4v) is 10.2. The number of thioether (sulfide) groups is 1. The topological polar surface area (TPSA) is 109 Å². The Morgan fingerprint density at radius 2 is 2.02 bits per heavy atom. The number of amides is 1. The Kier molecular flexibility index (Phi) is 9.30. The first kappa shape index (κ1) is 31.7. The average Bonchev–Trinajstić information content (AvgIpc) is 3.71. The van der Waals surface area contributed by atoms with Crippen LogP contribution in [0.3, 0.4) is 0 Å². The molecule has 1 saturated heterocycles. The number of aromatic nitrogens is 1. The van der Waals surface area contributed by atoms with Gasteiger partial charge in [-0.1, -0.05) is 33.8 Å². The number of ketones is 1. The van der Waals surface area contributed by atoms with Gasteiger partial charge in [0.15, 0.2) is 5.13 Å². The molecule has 232 valence electrons. The number of rotatable bonds is 9. The van der Waals surface area contributed by atoms with Crippen LogP contribution in [0, 0.1) is 34.0 Å². The molecule has 2 bridgehead atoms. The number of hydrogen-bond donors (Lipinski definition) is 2. The van der Waals surface area contributed by atoms with Crippen molar-refractivity contribution in [1.82, 2.24) is 9.88 Å². The zero-order valence-electron chi connectivity index (χ0n) is 25.5. The lowest BCUT2D eigenvalue weighted by atomic mass is 9.44. The fraction of sp³-hybridized carbons (Fsp3) is 0.750. The van der Waals surface area contributed by atoms with E-state index in [2.05, 4.69) is 42.6 Å². The summed E-state index contributed by atoms with van der Waals surface area (Å²) in [6, 6.07) is 0. The van der Waals surface area contributed by atoms with Crippen molar-refractivity contribution in [2.45, 2.75) is 90.6 Å². The van der Waals surface area contributed by atoms with Crippen molar-refractivity contribution < 1.29 is 24.2 Å². The Balaban J connectivity index is 1.24. The quantitative estimate of drug-likeness (QED) is 0.283. The summed E-state index contributed by atoms with van der Waals surface area (Å²) in [5.41, 5.74) is -0.628. The van der Waals surface area contributed by atoms with E-state index in [4.69, 9.17) is 4.74 Å². The molecule has 3 saturated carbocycles. The highest BCUT2D eigenvalue weighted by Gasteiger charge is 2.68. The maximum Gasteiger partial charge on any atom is 0.316 e. The molecule has 1 aromatic heterocycles. The van der Waals surface area contributed by atoms with Crippen molar-refractivity contribution in [1.29, 1.82) is 0 Å². The summed E-state index contributed by atoms with van der Waals surface area (Å²) >= 11 is 2.82. The van der Waals surface area contributed by atoms with Crippen LogP contribution in [0.4, 0.5) is 5.13 Å². The molecule has 1 amide bonds. The number of anilines is 1. The van der Waals surface area contributed by atoms with Gasteiger partial charge in [0.05, 0.1) is 24.1 Å². The van der Waals surface area contributed by atoms with E-state index in [0.29, 0.717) is 30.3 Å². The van der Waals surface area contributed by atoms with E-state index in [0.717, 1.165) is 50.9 Å². The standard InChI is InChI=1S/C32H47N3O5S2/c1-6-30(4)15-24(31(5)20(2)9-11-32(21(3)28(30)39)12-10-23(36)27(31)32)40-26(38)19-41-17-22-18-42-29(33-22)34-25(37)16-35-13-7-8-14-35/h6,18,20-21,24,27-28,39H,1,7-17,19H2,2-5H3,(H,33,34,37)/t20-,21+,24-,27+,28+,30-,31+,32+/m1/s1. The number of likely N-dealkylation sites (tertiary alicyclic amines) is 1. The third-order valence-electron chi connectivity index (χ3n) is 11.4. The molecule has 4 aliphatic rings. The smallest absolute Gasteiger partial charge is 0.316 e. The van der Waals surface area contributed by atoms with Crippen LogP contribution >= 0.6 is 23.1 Å². The van der Waals surface area contributed by atoms with Gasteiger partial charge in [0.1, 0.15) is 11.9 Å². The molecule has 0 radical (unpaired) electrons. The molecule has 1 aliphatic heterocycles. The molecule has 1 aromatic rings.